The van der Waals surface area contributed by atoms with Gasteiger partial charge in [0.05, 0.1) is 11.4 Å². The Kier molecular flexibility index (Phi) is 7.37. The molecular weight excluding hydrogens is 370 g/mol. The highest BCUT2D eigenvalue weighted by molar-refractivity contribution is 6.00. The van der Waals surface area contributed by atoms with Crippen molar-refractivity contribution in [3.8, 4) is 0 Å². The zero-order valence-electron chi connectivity index (χ0n) is 15.8. The van der Waals surface area contributed by atoms with E-state index in [1.165, 1.54) is 5.39 Å². The van der Waals surface area contributed by atoms with Crippen molar-refractivity contribution in [1.82, 2.24) is 10.2 Å². The molecule has 1 heterocycles. The first-order valence-electron chi connectivity index (χ1n) is 9.56. The molecule has 0 spiro atoms. The molecule has 28 heavy (non-hydrogen) atoms. The minimum Gasteiger partial charge on any atom is -0.383 e. The van der Waals surface area contributed by atoms with Crippen LogP contribution in [0, 0.1) is 0 Å². The van der Waals surface area contributed by atoms with Gasteiger partial charge in [-0.25, -0.2) is 0 Å². The zero-order valence-corrected chi connectivity index (χ0v) is 16.7. The summed E-state index contributed by atoms with van der Waals surface area (Å²) in [4.78, 5) is 2.49. The summed E-state index contributed by atoms with van der Waals surface area (Å²) >= 11 is 0. The minimum absolute atomic E-state index is 0. The van der Waals surface area contributed by atoms with Crippen molar-refractivity contribution >= 4 is 40.2 Å². The number of hydrogen-bond donors (Lipinski definition) is 2. The van der Waals surface area contributed by atoms with E-state index in [4.69, 9.17) is 0 Å². The van der Waals surface area contributed by atoms with Gasteiger partial charge in [0.25, 0.3) is 0 Å². The lowest BCUT2D eigenvalue weighted by Crippen LogP contribution is -2.45. The van der Waals surface area contributed by atoms with Gasteiger partial charge in [0.2, 0.25) is 0 Å². The van der Waals surface area contributed by atoms with E-state index in [2.05, 4.69) is 50.0 Å². The Morgan fingerprint density at radius 3 is 2.32 bits per heavy atom. The monoisotopic (exact) mass is 395 g/mol. The normalized spacial score (nSPS) is 14.9. The van der Waals surface area contributed by atoms with Crippen LogP contribution in [0.25, 0.3) is 10.8 Å². The number of nitrogens with zero attached hydrogens (tertiary/aromatic N) is 3. The number of halogens is 1. The van der Waals surface area contributed by atoms with E-state index in [0.29, 0.717) is 0 Å². The third-order valence-corrected chi connectivity index (χ3v) is 4.88. The van der Waals surface area contributed by atoms with Gasteiger partial charge in [0.15, 0.2) is 0 Å². The molecular formula is C22H26ClN5. The summed E-state index contributed by atoms with van der Waals surface area (Å²) < 4.78 is 0. The molecule has 0 radical (unpaired) electrons. The summed E-state index contributed by atoms with van der Waals surface area (Å²) in [6.45, 7) is 6.43. The summed E-state index contributed by atoms with van der Waals surface area (Å²) in [5.41, 5.74) is 2.90. The highest BCUT2D eigenvalue weighted by atomic mass is 35.5. The lowest BCUT2D eigenvalue weighted by atomic mass is 10.1. The lowest BCUT2D eigenvalue weighted by molar-refractivity contribution is 0.249. The van der Waals surface area contributed by atoms with Crippen molar-refractivity contribution in [3.05, 3.63) is 66.7 Å². The smallest absolute Gasteiger partial charge is 0.0936 e. The Balaban J connectivity index is 0.00000225. The molecule has 0 atom stereocenters. The van der Waals surface area contributed by atoms with Crippen molar-refractivity contribution in [2.75, 3.05) is 44.6 Å². The maximum absolute atomic E-state index is 4.48. The Morgan fingerprint density at radius 1 is 0.821 bits per heavy atom. The van der Waals surface area contributed by atoms with Crippen LogP contribution in [0.15, 0.2) is 77.0 Å². The van der Waals surface area contributed by atoms with Gasteiger partial charge in [-0.3, -0.25) is 4.90 Å². The standard InChI is InChI=1S/C22H25N5.ClH/c1-2-6-18(7-3-1)25-26-22-11-10-21(19-8-4-5-9-20(19)22)24-14-17-27-15-12-23-13-16-27;/h1-11,23-24H,12-17H2;1H. The molecule has 1 aliphatic rings. The molecule has 0 aliphatic carbocycles. The van der Waals surface area contributed by atoms with Gasteiger partial charge in [-0.15, -0.1) is 17.5 Å². The number of fused-ring (bicyclic) bond motifs is 1. The average molecular weight is 396 g/mol. The van der Waals surface area contributed by atoms with Gasteiger partial charge in [-0.1, -0.05) is 42.5 Å². The van der Waals surface area contributed by atoms with E-state index in [1.54, 1.807) is 0 Å². The Bertz CT molecular complexity index is 907. The van der Waals surface area contributed by atoms with Gasteiger partial charge in [-0.05, 0) is 24.3 Å². The van der Waals surface area contributed by atoms with Crippen molar-refractivity contribution in [2.24, 2.45) is 10.2 Å². The van der Waals surface area contributed by atoms with Crippen LogP contribution in [0.4, 0.5) is 17.1 Å². The second-order valence-corrected chi connectivity index (χ2v) is 6.73. The molecule has 146 valence electrons. The van der Waals surface area contributed by atoms with Crippen LogP contribution < -0.4 is 10.6 Å². The topological polar surface area (TPSA) is 52.0 Å². The van der Waals surface area contributed by atoms with Crippen molar-refractivity contribution in [2.45, 2.75) is 0 Å². The summed E-state index contributed by atoms with van der Waals surface area (Å²) in [5, 5.41) is 18.1. The van der Waals surface area contributed by atoms with E-state index in [0.717, 1.165) is 61.7 Å². The van der Waals surface area contributed by atoms with E-state index in [1.807, 2.05) is 42.5 Å². The fraction of sp³-hybridized carbons (Fsp3) is 0.273. The van der Waals surface area contributed by atoms with Gasteiger partial charge in [0.1, 0.15) is 0 Å². The lowest BCUT2D eigenvalue weighted by Gasteiger charge is -2.27. The number of azo groups is 1. The minimum atomic E-state index is 0. The molecule has 1 aliphatic heterocycles. The summed E-state index contributed by atoms with van der Waals surface area (Å²) in [6, 6.07) is 22.4. The molecule has 4 rings (SSSR count). The molecule has 0 unspecified atom stereocenters. The second-order valence-electron chi connectivity index (χ2n) is 6.73. The molecule has 1 saturated heterocycles. The SMILES string of the molecule is Cl.c1ccc(N=Nc2ccc(NCCN3CCNCC3)c3ccccc23)cc1. The van der Waals surface area contributed by atoms with Crippen LogP contribution in [0.2, 0.25) is 0 Å². The molecule has 0 bridgehead atoms. The van der Waals surface area contributed by atoms with Crippen molar-refractivity contribution < 1.29 is 0 Å². The first kappa shape index (κ1) is 20.3. The summed E-state index contributed by atoms with van der Waals surface area (Å²) in [7, 11) is 0. The molecule has 0 saturated carbocycles. The molecule has 3 aromatic carbocycles. The maximum atomic E-state index is 4.48. The van der Waals surface area contributed by atoms with Crippen LogP contribution in [0.3, 0.4) is 0 Å². The second kappa shape index (κ2) is 10.2. The summed E-state index contributed by atoms with van der Waals surface area (Å²) in [6.07, 6.45) is 0. The van der Waals surface area contributed by atoms with Gasteiger partial charge in [-0.2, -0.15) is 5.11 Å². The number of benzene rings is 3. The Labute approximate surface area is 172 Å². The van der Waals surface area contributed by atoms with Crippen molar-refractivity contribution in [1.29, 1.82) is 0 Å². The number of nitrogens with one attached hydrogen (secondary N) is 2. The zero-order chi connectivity index (χ0) is 18.3. The Morgan fingerprint density at radius 2 is 1.54 bits per heavy atom. The fourth-order valence-electron chi connectivity index (χ4n) is 3.41. The largest absolute Gasteiger partial charge is 0.383 e. The quantitative estimate of drug-likeness (QED) is 0.578. The molecule has 6 heteroatoms. The van der Waals surface area contributed by atoms with Gasteiger partial charge >= 0.3 is 0 Å². The average Bonchev–Trinajstić information content (AvgIpc) is 2.74. The van der Waals surface area contributed by atoms with Crippen LogP contribution in [0.1, 0.15) is 0 Å². The number of piperazine rings is 1. The van der Waals surface area contributed by atoms with Crippen molar-refractivity contribution in [3.63, 3.8) is 0 Å². The molecule has 3 aromatic rings. The van der Waals surface area contributed by atoms with E-state index < -0.39 is 0 Å². The molecule has 5 nitrogen and oxygen atoms in total. The predicted molar refractivity (Wildman–Crippen MR) is 120 cm³/mol. The third-order valence-electron chi connectivity index (χ3n) is 4.88. The third kappa shape index (κ3) is 5.07. The van der Waals surface area contributed by atoms with E-state index in [-0.39, 0.29) is 12.4 Å². The van der Waals surface area contributed by atoms with Gasteiger partial charge < -0.3 is 10.6 Å². The van der Waals surface area contributed by atoms with Gasteiger partial charge in [0, 0.05) is 55.7 Å². The maximum Gasteiger partial charge on any atom is 0.0936 e. The Hall–Kier alpha value is -2.47. The van der Waals surface area contributed by atoms with Crippen LogP contribution >= 0.6 is 12.4 Å². The predicted octanol–water partition coefficient (Wildman–Crippen LogP) is 4.99. The first-order valence-corrected chi connectivity index (χ1v) is 9.56. The fourth-order valence-corrected chi connectivity index (χ4v) is 3.41. The highest BCUT2D eigenvalue weighted by Crippen LogP contribution is 2.32. The molecule has 2 N–H and O–H groups in total. The van der Waals surface area contributed by atoms with E-state index >= 15 is 0 Å². The van der Waals surface area contributed by atoms with E-state index in [9.17, 15) is 0 Å². The molecule has 1 fully saturated rings. The number of anilines is 1. The van der Waals surface area contributed by atoms with Crippen LogP contribution in [-0.4, -0.2) is 44.2 Å². The van der Waals surface area contributed by atoms with Crippen LogP contribution in [0.5, 0.6) is 0 Å². The molecule has 0 amide bonds. The number of hydrogen-bond acceptors (Lipinski definition) is 5. The molecule has 0 aromatic heterocycles. The van der Waals surface area contributed by atoms with Crippen LogP contribution in [-0.2, 0) is 0 Å². The first-order chi connectivity index (χ1) is 13.4. The number of rotatable bonds is 6. The highest BCUT2D eigenvalue weighted by Gasteiger charge is 2.09. The summed E-state index contributed by atoms with van der Waals surface area (Å²) in [5.74, 6) is 0.